The number of para-hydroxylation sites is 1. The van der Waals surface area contributed by atoms with Gasteiger partial charge in [0, 0.05) is 24.2 Å². The van der Waals surface area contributed by atoms with Crippen molar-refractivity contribution < 1.29 is 13.2 Å². The maximum Gasteiger partial charge on any atom is 0.261 e. The number of amides is 1. The molecule has 9 heteroatoms. The third kappa shape index (κ3) is 5.68. The number of halogens is 1. The molecule has 3 aromatic carbocycles. The molecule has 0 radical (unpaired) electrons. The maximum absolute atomic E-state index is 12.6. The Kier molecular flexibility index (Phi) is 6.58. The van der Waals surface area contributed by atoms with E-state index in [9.17, 15) is 13.2 Å². The number of nitrogens with zero attached hydrogens (tertiary/aromatic N) is 2. The highest BCUT2D eigenvalue weighted by Crippen LogP contribution is 2.24. The number of hydrogen-bond donors (Lipinski definition) is 2. The highest BCUT2D eigenvalue weighted by Gasteiger charge is 2.15. The SMILES string of the molecule is O=C(C=Cc1ccc(S(=O)(=O)Nc2ccccc2Cl)cc1)Nc1cccc(-n2cccn2)c1. The van der Waals surface area contributed by atoms with E-state index in [1.807, 2.05) is 30.5 Å². The van der Waals surface area contributed by atoms with Crippen molar-refractivity contribution in [1.82, 2.24) is 9.78 Å². The molecule has 166 valence electrons. The van der Waals surface area contributed by atoms with Gasteiger partial charge in [-0.15, -0.1) is 0 Å². The summed E-state index contributed by atoms with van der Waals surface area (Å²) in [6.07, 6.45) is 6.47. The molecule has 0 atom stereocenters. The van der Waals surface area contributed by atoms with E-state index in [2.05, 4.69) is 15.1 Å². The minimum Gasteiger partial charge on any atom is -0.322 e. The van der Waals surface area contributed by atoms with E-state index in [0.29, 0.717) is 22.0 Å². The van der Waals surface area contributed by atoms with Crippen molar-refractivity contribution >= 4 is 45.0 Å². The second kappa shape index (κ2) is 9.72. The normalized spacial score (nSPS) is 11.4. The van der Waals surface area contributed by atoms with E-state index in [-0.39, 0.29) is 10.8 Å². The van der Waals surface area contributed by atoms with Crippen LogP contribution in [0.2, 0.25) is 5.02 Å². The summed E-state index contributed by atoms with van der Waals surface area (Å²) in [6, 6.07) is 21.9. The molecule has 0 saturated carbocycles. The number of carbonyl (C=O) groups is 1. The van der Waals surface area contributed by atoms with Crippen molar-refractivity contribution in [2.45, 2.75) is 4.90 Å². The topological polar surface area (TPSA) is 93.1 Å². The molecule has 7 nitrogen and oxygen atoms in total. The molecule has 4 rings (SSSR count). The molecule has 1 heterocycles. The van der Waals surface area contributed by atoms with E-state index in [1.54, 1.807) is 59.4 Å². The average molecular weight is 479 g/mol. The van der Waals surface area contributed by atoms with Crippen LogP contribution < -0.4 is 10.0 Å². The summed E-state index contributed by atoms with van der Waals surface area (Å²) in [6.45, 7) is 0. The molecule has 1 amide bonds. The fourth-order valence-corrected chi connectivity index (χ4v) is 4.33. The predicted octanol–water partition coefficient (Wildman–Crippen LogP) is 4.98. The Labute approximate surface area is 196 Å². The van der Waals surface area contributed by atoms with Gasteiger partial charge < -0.3 is 5.32 Å². The Bertz CT molecular complexity index is 1400. The lowest BCUT2D eigenvalue weighted by atomic mass is 10.2. The van der Waals surface area contributed by atoms with Gasteiger partial charge in [-0.25, -0.2) is 13.1 Å². The first-order valence-corrected chi connectivity index (χ1v) is 11.7. The molecule has 1 aromatic heterocycles. The van der Waals surface area contributed by atoms with Crippen molar-refractivity contribution in [3.05, 3.63) is 108 Å². The van der Waals surface area contributed by atoms with Crippen molar-refractivity contribution in [2.24, 2.45) is 0 Å². The van der Waals surface area contributed by atoms with Crippen molar-refractivity contribution in [2.75, 3.05) is 10.0 Å². The van der Waals surface area contributed by atoms with Crippen LogP contribution in [-0.2, 0) is 14.8 Å². The van der Waals surface area contributed by atoms with Crippen molar-refractivity contribution in [3.63, 3.8) is 0 Å². The third-order valence-electron chi connectivity index (χ3n) is 4.62. The number of aromatic nitrogens is 2. The van der Waals surface area contributed by atoms with Crippen LogP contribution in [0.5, 0.6) is 0 Å². The van der Waals surface area contributed by atoms with E-state index in [1.165, 1.54) is 18.2 Å². The number of rotatable bonds is 7. The van der Waals surface area contributed by atoms with Gasteiger partial charge in [0.2, 0.25) is 5.91 Å². The molecule has 0 aliphatic carbocycles. The van der Waals surface area contributed by atoms with Crippen LogP contribution >= 0.6 is 11.6 Å². The van der Waals surface area contributed by atoms with Gasteiger partial charge in [0.25, 0.3) is 10.0 Å². The summed E-state index contributed by atoms with van der Waals surface area (Å²) in [7, 11) is -3.79. The molecule has 0 bridgehead atoms. The van der Waals surface area contributed by atoms with Gasteiger partial charge in [-0.3, -0.25) is 9.52 Å². The Hall–Kier alpha value is -3.88. The van der Waals surface area contributed by atoms with Crippen molar-refractivity contribution in [1.29, 1.82) is 0 Å². The van der Waals surface area contributed by atoms with Crippen LogP contribution in [0.25, 0.3) is 11.8 Å². The smallest absolute Gasteiger partial charge is 0.261 e. The van der Waals surface area contributed by atoms with Gasteiger partial charge in [0.05, 0.1) is 21.3 Å². The molecule has 0 spiro atoms. The number of hydrogen-bond acceptors (Lipinski definition) is 4. The number of benzene rings is 3. The second-order valence-electron chi connectivity index (χ2n) is 6.98. The van der Waals surface area contributed by atoms with Crippen LogP contribution in [0.15, 0.2) is 102 Å². The maximum atomic E-state index is 12.6. The Balaban J connectivity index is 1.40. The lowest BCUT2D eigenvalue weighted by molar-refractivity contribution is -0.111. The first-order valence-electron chi connectivity index (χ1n) is 9.87. The third-order valence-corrected chi connectivity index (χ3v) is 6.33. The highest BCUT2D eigenvalue weighted by molar-refractivity contribution is 7.92. The van der Waals surface area contributed by atoms with Gasteiger partial charge >= 0.3 is 0 Å². The van der Waals surface area contributed by atoms with E-state index >= 15 is 0 Å². The van der Waals surface area contributed by atoms with E-state index in [4.69, 9.17) is 11.6 Å². The van der Waals surface area contributed by atoms with Crippen LogP contribution in [0.1, 0.15) is 5.56 Å². The molecule has 33 heavy (non-hydrogen) atoms. The van der Waals surface area contributed by atoms with Crippen molar-refractivity contribution in [3.8, 4) is 5.69 Å². The second-order valence-corrected chi connectivity index (χ2v) is 9.07. The van der Waals surface area contributed by atoms with Gasteiger partial charge in [-0.1, -0.05) is 41.9 Å². The quantitative estimate of drug-likeness (QED) is 0.366. The summed E-state index contributed by atoms with van der Waals surface area (Å²) < 4.78 is 29.3. The largest absolute Gasteiger partial charge is 0.322 e. The summed E-state index contributed by atoms with van der Waals surface area (Å²) >= 11 is 6.03. The number of nitrogens with one attached hydrogen (secondary N) is 2. The summed E-state index contributed by atoms with van der Waals surface area (Å²) in [4.78, 5) is 12.4. The molecular weight excluding hydrogens is 460 g/mol. The lowest BCUT2D eigenvalue weighted by Crippen LogP contribution is -2.13. The van der Waals surface area contributed by atoms with Crippen LogP contribution in [0.3, 0.4) is 0 Å². The molecule has 0 aliphatic heterocycles. The van der Waals surface area contributed by atoms with Gasteiger partial charge in [-0.2, -0.15) is 5.10 Å². The Morgan fingerprint density at radius 1 is 0.970 bits per heavy atom. The van der Waals surface area contributed by atoms with Gasteiger partial charge in [0.1, 0.15) is 0 Å². The Morgan fingerprint density at radius 3 is 2.48 bits per heavy atom. The zero-order valence-corrected chi connectivity index (χ0v) is 18.8. The molecule has 0 fully saturated rings. The summed E-state index contributed by atoms with van der Waals surface area (Å²) in [5.41, 5.74) is 2.43. The molecule has 0 saturated heterocycles. The molecule has 0 aliphatic rings. The van der Waals surface area contributed by atoms with Crippen LogP contribution in [0.4, 0.5) is 11.4 Å². The molecule has 0 unspecified atom stereocenters. The van der Waals surface area contributed by atoms with Crippen LogP contribution in [-0.4, -0.2) is 24.1 Å². The lowest BCUT2D eigenvalue weighted by Gasteiger charge is -2.09. The zero-order valence-electron chi connectivity index (χ0n) is 17.2. The summed E-state index contributed by atoms with van der Waals surface area (Å²) in [5.74, 6) is -0.315. The minimum absolute atomic E-state index is 0.0828. The number of anilines is 2. The molecule has 4 aromatic rings. The molecule has 2 N–H and O–H groups in total. The first kappa shape index (κ1) is 22.3. The van der Waals surface area contributed by atoms with Gasteiger partial charge in [0.15, 0.2) is 0 Å². The van der Waals surface area contributed by atoms with Crippen LogP contribution in [0, 0.1) is 0 Å². The minimum atomic E-state index is -3.79. The average Bonchev–Trinajstić information content (AvgIpc) is 3.35. The van der Waals surface area contributed by atoms with E-state index in [0.717, 1.165) is 5.69 Å². The predicted molar refractivity (Wildman–Crippen MR) is 130 cm³/mol. The standard InChI is InChI=1S/C24H19ClN4O3S/c25-22-7-1-2-8-23(22)28-33(31,32)21-12-9-18(10-13-21)11-14-24(30)27-19-5-3-6-20(17-19)29-16-4-15-26-29/h1-17,28H,(H,27,30). The highest BCUT2D eigenvalue weighted by atomic mass is 35.5. The molecular formula is C24H19ClN4O3S. The number of carbonyl (C=O) groups excluding carboxylic acids is 1. The summed E-state index contributed by atoms with van der Waals surface area (Å²) in [5, 5.41) is 7.28. The fraction of sp³-hybridized carbons (Fsp3) is 0. The number of sulfonamides is 1. The van der Waals surface area contributed by atoms with Gasteiger partial charge in [-0.05, 0) is 60.2 Å². The van der Waals surface area contributed by atoms with E-state index < -0.39 is 10.0 Å². The zero-order chi connectivity index (χ0) is 23.3. The first-order chi connectivity index (χ1) is 15.9. The fourth-order valence-electron chi connectivity index (χ4n) is 3.01. The Morgan fingerprint density at radius 2 is 1.76 bits per heavy atom. The monoisotopic (exact) mass is 478 g/mol.